The Bertz CT molecular complexity index is 749. The summed E-state index contributed by atoms with van der Waals surface area (Å²) in [6.07, 6.45) is 3.83. The molecule has 183 valence electrons. The maximum atomic E-state index is 13.1. The molecule has 1 saturated heterocycles. The first-order chi connectivity index (χ1) is 14.8. The fourth-order valence-electron chi connectivity index (χ4n) is 4.12. The molecule has 0 aromatic heterocycles. The number of rotatable bonds is 4. The molecule has 1 atom stereocenters. The van der Waals surface area contributed by atoms with Gasteiger partial charge in [0, 0.05) is 19.6 Å². The van der Waals surface area contributed by atoms with E-state index in [0.717, 1.165) is 37.8 Å². The van der Waals surface area contributed by atoms with Crippen LogP contribution in [0.1, 0.15) is 56.9 Å². The minimum atomic E-state index is -4.54. The van der Waals surface area contributed by atoms with Crippen molar-refractivity contribution in [3.63, 3.8) is 0 Å². The van der Waals surface area contributed by atoms with Crippen molar-refractivity contribution in [3.05, 3.63) is 50.7 Å². The van der Waals surface area contributed by atoms with Gasteiger partial charge in [0.05, 0.1) is 17.3 Å². The number of nitrogens with zero attached hydrogens (tertiary/aromatic N) is 1. The number of nitrogens with one attached hydrogen (secondary N) is 3. The highest BCUT2D eigenvalue weighted by Crippen LogP contribution is 2.34. The number of hydrogen-bond donors (Lipinski definition) is 3. The third-order valence-electron chi connectivity index (χ3n) is 5.85. The Morgan fingerprint density at radius 3 is 2.27 bits per heavy atom. The van der Waals surface area contributed by atoms with Crippen molar-refractivity contribution in [2.45, 2.75) is 57.5 Å². The molecule has 1 aromatic rings. The average molecular weight is 468 g/mol. The van der Waals surface area contributed by atoms with Crippen molar-refractivity contribution in [1.82, 2.24) is 15.5 Å². The summed E-state index contributed by atoms with van der Waals surface area (Å²) in [6.45, 7) is 1.24. The number of alkyl halides is 3. The fraction of sp³-hybridized carbons (Fsp3) is 0.542. The second-order valence-electron chi connectivity index (χ2n) is 8.28. The standard InChI is InChI=1S/C22H30F3N4O2.2CH2/c23-22(24,25)18-10-6-7-11-19(18)28-21(31)29-13-12-16(15-29)14-26-20(30)27-17-8-4-2-1-3-5-9-17;;/h6-7,10-11,16H,1-5,8-9,12-15H2,(H,28,31)(H2,26,27,30);2*1H2. The Balaban J connectivity index is 0.00000272. The van der Waals surface area contributed by atoms with Crippen molar-refractivity contribution >= 4 is 17.7 Å². The predicted molar refractivity (Wildman–Crippen MR) is 123 cm³/mol. The monoisotopic (exact) mass is 467 g/mol. The summed E-state index contributed by atoms with van der Waals surface area (Å²) < 4.78 is 39.3. The average Bonchev–Trinajstić information content (AvgIpc) is 3.17. The zero-order chi connectivity index (χ0) is 22.3. The number of anilines is 1. The van der Waals surface area contributed by atoms with Gasteiger partial charge in [-0.1, -0.05) is 59.1 Å². The smallest absolute Gasteiger partial charge is 0.338 e. The molecule has 9 heteroatoms. The van der Waals surface area contributed by atoms with E-state index in [4.69, 9.17) is 0 Å². The summed E-state index contributed by atoms with van der Waals surface area (Å²) in [5, 5.41) is 8.21. The molecule has 1 heterocycles. The first-order valence-electron chi connectivity index (χ1n) is 10.9. The van der Waals surface area contributed by atoms with Crippen molar-refractivity contribution in [2.75, 3.05) is 25.0 Å². The number of amides is 4. The van der Waals surface area contributed by atoms with Gasteiger partial charge < -0.3 is 20.9 Å². The molecular formula is C24H34F3N4O2. The Morgan fingerprint density at radius 2 is 1.61 bits per heavy atom. The van der Waals surface area contributed by atoms with Crippen LogP contribution >= 0.6 is 0 Å². The molecule has 33 heavy (non-hydrogen) atoms. The number of carbonyl (C=O) groups excluding carboxylic acids is 2. The second kappa shape index (κ2) is 13.3. The van der Waals surface area contributed by atoms with Crippen LogP contribution in [0.3, 0.4) is 0 Å². The third-order valence-corrected chi connectivity index (χ3v) is 5.85. The summed E-state index contributed by atoms with van der Waals surface area (Å²) >= 11 is 0. The van der Waals surface area contributed by atoms with Crippen molar-refractivity contribution in [1.29, 1.82) is 0 Å². The summed E-state index contributed by atoms with van der Waals surface area (Å²) in [5.41, 5.74) is -1.12. The molecule has 5 radical (unpaired) electrons. The lowest BCUT2D eigenvalue weighted by Crippen LogP contribution is -2.41. The SMILES string of the molecule is O=C(NCC1CCN(C(=O)Nc2ccccc2C(F)(F)F)C1)N[C]1CCCCCCC1.[CH2].[CH2]. The van der Waals surface area contributed by atoms with E-state index >= 15 is 0 Å². The van der Waals surface area contributed by atoms with Gasteiger partial charge in [0.25, 0.3) is 0 Å². The van der Waals surface area contributed by atoms with Gasteiger partial charge >= 0.3 is 18.2 Å². The number of likely N-dealkylation sites (tertiary alicyclic amines) is 1. The van der Waals surface area contributed by atoms with Gasteiger partial charge in [-0.15, -0.1) is 0 Å². The number of halogens is 3. The minimum absolute atomic E-state index is 0. The lowest BCUT2D eigenvalue weighted by molar-refractivity contribution is -0.136. The molecule has 6 nitrogen and oxygen atoms in total. The van der Waals surface area contributed by atoms with E-state index in [2.05, 4.69) is 16.0 Å². The zero-order valence-electron chi connectivity index (χ0n) is 19.0. The molecule has 3 rings (SSSR count). The van der Waals surface area contributed by atoms with Crippen LogP contribution in [0.15, 0.2) is 24.3 Å². The molecule has 1 saturated carbocycles. The largest absolute Gasteiger partial charge is 0.418 e. The quantitative estimate of drug-likeness (QED) is 0.524. The maximum absolute atomic E-state index is 13.1. The van der Waals surface area contributed by atoms with Gasteiger partial charge in [-0.05, 0) is 37.3 Å². The Labute approximate surface area is 195 Å². The fourth-order valence-corrected chi connectivity index (χ4v) is 4.12. The van der Waals surface area contributed by atoms with Crippen LogP contribution < -0.4 is 16.0 Å². The number of para-hydroxylation sites is 1. The predicted octanol–water partition coefficient (Wildman–Crippen LogP) is 5.79. The Hall–Kier alpha value is -2.45. The Morgan fingerprint density at radius 1 is 0.970 bits per heavy atom. The maximum Gasteiger partial charge on any atom is 0.418 e. The highest BCUT2D eigenvalue weighted by molar-refractivity contribution is 5.90. The first kappa shape index (κ1) is 28.6. The summed E-state index contributed by atoms with van der Waals surface area (Å²) in [5.74, 6) is 0.0664. The molecule has 0 spiro atoms. The minimum Gasteiger partial charge on any atom is -0.338 e. The molecule has 2 fully saturated rings. The third kappa shape index (κ3) is 8.78. The normalized spacial score (nSPS) is 19.4. The highest BCUT2D eigenvalue weighted by atomic mass is 19.4. The summed E-state index contributed by atoms with van der Waals surface area (Å²) in [6, 6.07) is 5.22. The first-order valence-corrected chi connectivity index (χ1v) is 10.9. The molecule has 4 amide bonds. The van der Waals surface area contributed by atoms with Gasteiger partial charge in [0.15, 0.2) is 0 Å². The van der Waals surface area contributed by atoms with E-state index in [1.807, 2.05) is 0 Å². The lowest BCUT2D eigenvalue weighted by atomic mass is 9.97. The van der Waals surface area contributed by atoms with Gasteiger partial charge in [-0.3, -0.25) is 0 Å². The van der Waals surface area contributed by atoms with E-state index < -0.39 is 17.8 Å². The van der Waals surface area contributed by atoms with Crippen molar-refractivity contribution in [3.8, 4) is 0 Å². The molecule has 3 N–H and O–H groups in total. The Kier molecular flexibility index (Phi) is 11.5. The molecule has 2 aliphatic rings. The van der Waals surface area contributed by atoms with Crippen LogP contribution in [-0.4, -0.2) is 36.6 Å². The second-order valence-corrected chi connectivity index (χ2v) is 8.28. The van der Waals surface area contributed by atoms with Gasteiger partial charge in [0.2, 0.25) is 0 Å². The van der Waals surface area contributed by atoms with Crippen LogP contribution in [0, 0.1) is 26.8 Å². The molecule has 1 aliphatic heterocycles. The van der Waals surface area contributed by atoms with E-state index in [0.29, 0.717) is 26.1 Å². The van der Waals surface area contributed by atoms with Gasteiger partial charge in [-0.2, -0.15) is 13.2 Å². The molecule has 1 aromatic carbocycles. The lowest BCUT2D eigenvalue weighted by Gasteiger charge is -2.21. The van der Waals surface area contributed by atoms with Crippen LogP contribution in [0.25, 0.3) is 0 Å². The molecule has 1 unspecified atom stereocenters. The molecule has 1 aliphatic carbocycles. The topological polar surface area (TPSA) is 73.5 Å². The summed E-state index contributed by atoms with van der Waals surface area (Å²) in [4.78, 5) is 26.1. The number of benzene rings is 1. The molecular weight excluding hydrogens is 433 g/mol. The van der Waals surface area contributed by atoms with E-state index in [1.54, 1.807) is 0 Å². The van der Waals surface area contributed by atoms with Crippen LogP contribution in [-0.2, 0) is 6.18 Å². The number of urea groups is 2. The van der Waals surface area contributed by atoms with E-state index in [9.17, 15) is 22.8 Å². The highest BCUT2D eigenvalue weighted by Gasteiger charge is 2.34. The summed E-state index contributed by atoms with van der Waals surface area (Å²) in [7, 11) is 0. The van der Waals surface area contributed by atoms with Crippen LogP contribution in [0.2, 0.25) is 0 Å². The van der Waals surface area contributed by atoms with Crippen LogP contribution in [0.5, 0.6) is 0 Å². The molecule has 0 bridgehead atoms. The van der Waals surface area contributed by atoms with E-state index in [1.165, 1.54) is 42.4 Å². The number of carbonyl (C=O) groups is 2. The van der Waals surface area contributed by atoms with Crippen LogP contribution in [0.4, 0.5) is 28.4 Å². The van der Waals surface area contributed by atoms with E-state index in [-0.39, 0.29) is 32.5 Å². The van der Waals surface area contributed by atoms with Crippen molar-refractivity contribution in [2.24, 2.45) is 5.92 Å². The van der Waals surface area contributed by atoms with Gasteiger partial charge in [-0.25, -0.2) is 9.59 Å². The number of hydrogen-bond acceptors (Lipinski definition) is 2. The zero-order valence-corrected chi connectivity index (χ0v) is 19.0. The van der Waals surface area contributed by atoms with Gasteiger partial charge in [0.1, 0.15) is 0 Å². The van der Waals surface area contributed by atoms with Crippen molar-refractivity contribution < 1.29 is 22.8 Å².